The van der Waals surface area contributed by atoms with Crippen molar-refractivity contribution in [3.05, 3.63) is 63.5 Å². The van der Waals surface area contributed by atoms with Gasteiger partial charge in [-0.05, 0) is 72.0 Å². The van der Waals surface area contributed by atoms with Crippen molar-refractivity contribution >= 4 is 45.8 Å². The molecule has 0 aliphatic heterocycles. The molecule has 7 heteroatoms. The molecule has 2 aromatic carbocycles. The quantitative estimate of drug-likeness (QED) is 0.425. The molecule has 0 saturated heterocycles. The van der Waals surface area contributed by atoms with E-state index in [0.29, 0.717) is 17.0 Å². The molecule has 0 aliphatic carbocycles. The summed E-state index contributed by atoms with van der Waals surface area (Å²) in [6.07, 6.45) is 0.0178. The highest BCUT2D eigenvalue weighted by atomic mass is 127. The van der Waals surface area contributed by atoms with E-state index in [-0.39, 0.29) is 24.1 Å². The summed E-state index contributed by atoms with van der Waals surface area (Å²) in [4.78, 5) is 23.8. The summed E-state index contributed by atoms with van der Waals surface area (Å²) in [5.41, 5.74) is 3.86. The Morgan fingerprint density at radius 3 is 2.54 bits per heavy atom. The first kappa shape index (κ1) is 18.1. The largest absolute Gasteiger partial charge is 0.326 e. The summed E-state index contributed by atoms with van der Waals surface area (Å²) < 4.78 is 13.7. The van der Waals surface area contributed by atoms with Crippen LogP contribution in [-0.2, 0) is 4.79 Å². The number of nitrogens with one attached hydrogen (secondary N) is 2. The van der Waals surface area contributed by atoms with E-state index in [9.17, 15) is 14.0 Å². The van der Waals surface area contributed by atoms with Crippen molar-refractivity contribution in [2.45, 2.75) is 13.3 Å². The van der Waals surface area contributed by atoms with Crippen molar-refractivity contribution in [2.75, 3.05) is 5.32 Å². The lowest BCUT2D eigenvalue weighted by molar-refractivity contribution is -0.115. The zero-order valence-corrected chi connectivity index (χ0v) is 15.0. The van der Waals surface area contributed by atoms with Gasteiger partial charge in [0.05, 0.1) is 6.42 Å². The van der Waals surface area contributed by atoms with Gasteiger partial charge < -0.3 is 5.32 Å². The van der Waals surface area contributed by atoms with E-state index in [0.717, 1.165) is 3.57 Å². The van der Waals surface area contributed by atoms with E-state index in [4.69, 9.17) is 0 Å². The van der Waals surface area contributed by atoms with Gasteiger partial charge in [0, 0.05) is 20.5 Å². The molecule has 0 saturated carbocycles. The number of benzene rings is 2. The number of hydrazone groups is 1. The second-order valence-corrected chi connectivity index (χ2v) is 6.28. The zero-order chi connectivity index (χ0) is 17.5. The first-order valence-electron chi connectivity index (χ1n) is 7.08. The van der Waals surface area contributed by atoms with Crippen molar-refractivity contribution in [1.82, 2.24) is 5.43 Å². The summed E-state index contributed by atoms with van der Waals surface area (Å²) in [6, 6.07) is 12.5. The molecule has 2 aromatic rings. The van der Waals surface area contributed by atoms with Gasteiger partial charge >= 0.3 is 0 Å². The number of halogens is 2. The Kier molecular flexibility index (Phi) is 6.42. The van der Waals surface area contributed by atoms with Gasteiger partial charge in [0.2, 0.25) is 5.91 Å². The van der Waals surface area contributed by atoms with Gasteiger partial charge in [0.1, 0.15) is 5.82 Å². The third-order valence-electron chi connectivity index (χ3n) is 2.98. The number of carbonyl (C=O) groups is 2. The Morgan fingerprint density at radius 1 is 1.17 bits per heavy atom. The topological polar surface area (TPSA) is 70.6 Å². The third-order valence-corrected chi connectivity index (χ3v) is 3.65. The summed E-state index contributed by atoms with van der Waals surface area (Å²) in [5.74, 6) is -1.01. The Balaban J connectivity index is 1.87. The fourth-order valence-electron chi connectivity index (χ4n) is 1.85. The molecule has 0 atom stereocenters. The van der Waals surface area contributed by atoms with Crippen LogP contribution in [0.15, 0.2) is 53.6 Å². The fourth-order valence-corrected chi connectivity index (χ4v) is 2.39. The molecule has 0 aromatic heterocycles. The SMILES string of the molecule is C/C(CC(=O)Nc1ccc(F)cc1)=N\NC(=O)c1cccc(I)c1. The Labute approximate surface area is 152 Å². The molecule has 2 amide bonds. The lowest BCUT2D eigenvalue weighted by Gasteiger charge is -2.05. The molecule has 0 heterocycles. The van der Waals surface area contributed by atoms with Crippen LogP contribution in [-0.4, -0.2) is 17.5 Å². The van der Waals surface area contributed by atoms with Gasteiger partial charge in [0.25, 0.3) is 5.91 Å². The maximum Gasteiger partial charge on any atom is 0.271 e. The molecule has 0 fully saturated rings. The van der Waals surface area contributed by atoms with Crippen LogP contribution in [0.3, 0.4) is 0 Å². The maximum absolute atomic E-state index is 12.8. The van der Waals surface area contributed by atoms with E-state index >= 15 is 0 Å². The predicted molar refractivity (Wildman–Crippen MR) is 99.4 cm³/mol. The molecule has 124 valence electrons. The second kappa shape index (κ2) is 8.53. The monoisotopic (exact) mass is 439 g/mol. The number of anilines is 1. The van der Waals surface area contributed by atoms with Gasteiger partial charge in [-0.1, -0.05) is 6.07 Å². The molecule has 0 aliphatic rings. The standard InChI is InChI=1S/C17H15FIN3O2/c1-11(9-16(23)20-15-7-5-13(18)6-8-15)21-22-17(24)12-3-2-4-14(19)10-12/h2-8,10H,9H2,1H3,(H,20,23)(H,22,24)/b21-11+. The van der Waals surface area contributed by atoms with Gasteiger partial charge in [-0.3, -0.25) is 9.59 Å². The number of rotatable bonds is 5. The Hall–Kier alpha value is -2.29. The number of carbonyl (C=O) groups excluding carboxylic acids is 2. The number of hydrogen-bond acceptors (Lipinski definition) is 3. The van der Waals surface area contributed by atoms with Crippen LogP contribution in [0.1, 0.15) is 23.7 Å². The molecule has 0 radical (unpaired) electrons. The first-order chi connectivity index (χ1) is 11.4. The average molecular weight is 439 g/mol. The summed E-state index contributed by atoms with van der Waals surface area (Å²) in [5, 5.41) is 6.55. The van der Waals surface area contributed by atoms with Crippen LogP contribution in [0, 0.1) is 9.39 Å². The summed E-state index contributed by atoms with van der Waals surface area (Å²) >= 11 is 2.12. The second-order valence-electron chi connectivity index (χ2n) is 5.03. The third kappa shape index (κ3) is 5.73. The van der Waals surface area contributed by atoms with Crippen LogP contribution in [0.5, 0.6) is 0 Å². The molecular formula is C17H15FIN3O2. The van der Waals surface area contributed by atoms with Crippen LogP contribution in [0.4, 0.5) is 10.1 Å². The zero-order valence-electron chi connectivity index (χ0n) is 12.8. The van der Waals surface area contributed by atoms with Crippen LogP contribution in [0.25, 0.3) is 0 Å². The fraction of sp³-hybridized carbons (Fsp3) is 0.118. The summed E-state index contributed by atoms with van der Waals surface area (Å²) in [7, 11) is 0. The van der Waals surface area contributed by atoms with Crippen molar-refractivity contribution in [2.24, 2.45) is 5.10 Å². The van der Waals surface area contributed by atoms with E-state index in [1.54, 1.807) is 25.1 Å². The lowest BCUT2D eigenvalue weighted by atomic mass is 10.2. The molecule has 0 unspecified atom stereocenters. The maximum atomic E-state index is 12.8. The van der Waals surface area contributed by atoms with E-state index < -0.39 is 0 Å². The van der Waals surface area contributed by atoms with Crippen molar-refractivity contribution in [3.8, 4) is 0 Å². The molecule has 2 rings (SSSR count). The Morgan fingerprint density at radius 2 is 1.88 bits per heavy atom. The van der Waals surface area contributed by atoms with Crippen LogP contribution in [0.2, 0.25) is 0 Å². The average Bonchev–Trinajstić information content (AvgIpc) is 2.54. The van der Waals surface area contributed by atoms with Crippen molar-refractivity contribution in [1.29, 1.82) is 0 Å². The number of amides is 2. The van der Waals surface area contributed by atoms with Gasteiger partial charge in [-0.15, -0.1) is 0 Å². The van der Waals surface area contributed by atoms with E-state index in [1.807, 2.05) is 6.07 Å². The highest BCUT2D eigenvalue weighted by Crippen LogP contribution is 2.09. The van der Waals surface area contributed by atoms with E-state index in [2.05, 4.69) is 38.4 Å². The highest BCUT2D eigenvalue weighted by molar-refractivity contribution is 14.1. The molecular weight excluding hydrogens is 424 g/mol. The normalized spacial score (nSPS) is 11.0. The minimum absolute atomic E-state index is 0.0178. The Bertz CT molecular complexity index is 776. The van der Waals surface area contributed by atoms with Crippen LogP contribution < -0.4 is 10.7 Å². The first-order valence-corrected chi connectivity index (χ1v) is 8.16. The van der Waals surface area contributed by atoms with Gasteiger partial charge in [-0.25, -0.2) is 9.82 Å². The predicted octanol–water partition coefficient (Wildman–Crippen LogP) is 3.56. The minimum Gasteiger partial charge on any atom is -0.326 e. The van der Waals surface area contributed by atoms with Crippen molar-refractivity contribution in [3.63, 3.8) is 0 Å². The van der Waals surface area contributed by atoms with Crippen LogP contribution >= 0.6 is 22.6 Å². The van der Waals surface area contributed by atoms with E-state index in [1.165, 1.54) is 24.3 Å². The smallest absolute Gasteiger partial charge is 0.271 e. The van der Waals surface area contributed by atoms with Gasteiger partial charge in [0.15, 0.2) is 0 Å². The molecule has 5 nitrogen and oxygen atoms in total. The molecule has 24 heavy (non-hydrogen) atoms. The molecule has 0 bridgehead atoms. The highest BCUT2D eigenvalue weighted by Gasteiger charge is 2.07. The molecule has 2 N–H and O–H groups in total. The minimum atomic E-state index is -0.371. The van der Waals surface area contributed by atoms with Crippen molar-refractivity contribution < 1.29 is 14.0 Å². The van der Waals surface area contributed by atoms with Gasteiger partial charge in [-0.2, -0.15) is 5.10 Å². The molecule has 0 spiro atoms. The summed E-state index contributed by atoms with van der Waals surface area (Å²) in [6.45, 7) is 1.64. The number of hydrogen-bond donors (Lipinski definition) is 2. The number of nitrogens with zero attached hydrogens (tertiary/aromatic N) is 1. The lowest BCUT2D eigenvalue weighted by Crippen LogP contribution is -2.21.